The molecule has 0 bridgehead atoms. The first-order valence-electron chi connectivity index (χ1n) is 16.5. The van der Waals surface area contributed by atoms with Gasteiger partial charge in [0.25, 0.3) is 0 Å². The van der Waals surface area contributed by atoms with Crippen LogP contribution in [0.3, 0.4) is 0 Å². The Morgan fingerprint density at radius 3 is 2.06 bits per heavy atom. The summed E-state index contributed by atoms with van der Waals surface area (Å²) in [4.78, 5) is 16.7. The molecule has 4 aromatic carbocycles. The minimum absolute atomic E-state index is 0. The fourth-order valence-electron chi connectivity index (χ4n) is 6.81. The van der Waals surface area contributed by atoms with Crippen LogP contribution in [-0.4, -0.2) is 20.4 Å². The minimum Gasteiger partial charge on any atom is -0.512 e. The molecular weight excluding hydrogens is 757 g/mol. The molecule has 1 aliphatic heterocycles. The maximum Gasteiger partial charge on any atom is 0.162 e. The van der Waals surface area contributed by atoms with Crippen molar-refractivity contribution in [1.82, 2.24) is 9.55 Å². The Labute approximate surface area is 291 Å². The number of carbonyl (C=O) groups excluding carboxylic acids is 1. The number of para-hydroxylation sites is 2. The standard InChI is InChI=1S/C29H17N2.C13H24O2.Ir/c1-2-10-19(11-3-1)28-27-23-15-5-4-12-20(23)21-13-6-8-16-25(21)31-26-17-9-7-14-22(26)24(18-30-28)29(27)31;1-5-10(6-2)12(14)9-13(15)11(7-3)8-4;/h1-10,12-18H;9-11,14H,5-8H2,1-4H3;/q-1;;/b;12-9-;. The molecule has 6 aromatic rings. The van der Waals surface area contributed by atoms with Gasteiger partial charge in [-0.2, -0.15) is 0 Å². The summed E-state index contributed by atoms with van der Waals surface area (Å²) in [6.45, 7) is 8.07. The van der Waals surface area contributed by atoms with Crippen LogP contribution < -0.4 is 0 Å². The molecule has 241 valence electrons. The molecule has 5 heteroatoms. The SMILES string of the molecule is CCC(CC)C(=O)/C=C(\O)C(CC)CC.[Ir].[c-]1ccccc1-c1ncc2c3ccccc3n3c2c1-c1ccccc1-c1ccccc1-3. The fraction of sp³-hybridized carbons (Fsp3) is 0.238. The van der Waals surface area contributed by atoms with Crippen LogP contribution in [0, 0.1) is 17.9 Å². The van der Waals surface area contributed by atoms with E-state index in [1.807, 2.05) is 46.0 Å². The molecule has 4 nitrogen and oxygen atoms in total. The van der Waals surface area contributed by atoms with Crippen LogP contribution >= 0.6 is 0 Å². The third kappa shape index (κ3) is 6.35. The molecule has 1 radical (unpaired) electrons. The zero-order valence-corrected chi connectivity index (χ0v) is 29.9. The van der Waals surface area contributed by atoms with E-state index < -0.39 is 0 Å². The zero-order valence-electron chi connectivity index (χ0n) is 27.5. The van der Waals surface area contributed by atoms with Crippen LogP contribution in [0.15, 0.2) is 115 Å². The first kappa shape index (κ1) is 34.0. The Balaban J connectivity index is 0.000000234. The monoisotopic (exact) mass is 798 g/mol. The van der Waals surface area contributed by atoms with Gasteiger partial charge in [0.15, 0.2) is 5.78 Å². The van der Waals surface area contributed by atoms with Crippen molar-refractivity contribution in [1.29, 1.82) is 0 Å². The molecule has 0 saturated heterocycles. The van der Waals surface area contributed by atoms with Gasteiger partial charge in [-0.1, -0.05) is 88.4 Å². The van der Waals surface area contributed by atoms with Gasteiger partial charge in [-0.15, -0.1) is 35.9 Å². The number of carbonyl (C=O) groups is 1. The predicted octanol–water partition coefficient (Wildman–Crippen LogP) is 11.2. The van der Waals surface area contributed by atoms with Crippen molar-refractivity contribution in [3.05, 3.63) is 121 Å². The van der Waals surface area contributed by atoms with Gasteiger partial charge in [0, 0.05) is 60.5 Å². The molecular formula is C42H41IrN2O2-. The fourth-order valence-corrected chi connectivity index (χ4v) is 6.81. The molecule has 3 heterocycles. The largest absolute Gasteiger partial charge is 0.512 e. The molecule has 0 fully saturated rings. The maximum absolute atomic E-state index is 11.7. The predicted molar refractivity (Wildman–Crippen MR) is 191 cm³/mol. The molecule has 0 saturated carbocycles. The normalized spacial score (nSPS) is 11.8. The average Bonchev–Trinajstić information content (AvgIpc) is 3.37. The third-order valence-corrected chi connectivity index (χ3v) is 9.39. The number of aromatic nitrogens is 2. The molecule has 0 spiro atoms. The number of aliphatic hydroxyl groups excluding tert-OH is 1. The summed E-state index contributed by atoms with van der Waals surface area (Å²) >= 11 is 0. The van der Waals surface area contributed by atoms with Gasteiger partial charge in [0.2, 0.25) is 0 Å². The van der Waals surface area contributed by atoms with Gasteiger partial charge in [0.1, 0.15) is 0 Å². The third-order valence-electron chi connectivity index (χ3n) is 9.39. The molecule has 0 aliphatic carbocycles. The van der Waals surface area contributed by atoms with Crippen molar-refractivity contribution in [2.75, 3.05) is 0 Å². The van der Waals surface area contributed by atoms with Crippen LogP contribution in [0.1, 0.15) is 53.4 Å². The van der Waals surface area contributed by atoms with Crippen LogP contribution in [0.4, 0.5) is 0 Å². The number of fused-ring (bicyclic) bond motifs is 8. The van der Waals surface area contributed by atoms with Crippen molar-refractivity contribution < 1.29 is 30.0 Å². The Morgan fingerprint density at radius 2 is 1.38 bits per heavy atom. The second-order valence-corrected chi connectivity index (χ2v) is 11.9. The quantitative estimate of drug-likeness (QED) is 0.0947. The first-order chi connectivity index (χ1) is 22.5. The number of nitrogens with zero attached hydrogens (tertiary/aromatic N) is 2. The van der Waals surface area contributed by atoms with Gasteiger partial charge < -0.3 is 14.7 Å². The Morgan fingerprint density at radius 1 is 0.766 bits per heavy atom. The molecule has 1 aliphatic rings. The maximum atomic E-state index is 11.7. The molecule has 47 heavy (non-hydrogen) atoms. The number of benzene rings is 4. The van der Waals surface area contributed by atoms with E-state index in [-0.39, 0.29) is 43.5 Å². The summed E-state index contributed by atoms with van der Waals surface area (Å²) in [5.41, 5.74) is 10.4. The van der Waals surface area contributed by atoms with Crippen molar-refractivity contribution in [2.45, 2.75) is 53.4 Å². The summed E-state index contributed by atoms with van der Waals surface area (Å²) in [6, 6.07) is 37.5. The Bertz CT molecular complexity index is 2040. The number of rotatable bonds is 8. The van der Waals surface area contributed by atoms with Crippen molar-refractivity contribution in [3.63, 3.8) is 0 Å². The van der Waals surface area contributed by atoms with E-state index in [0.29, 0.717) is 0 Å². The first-order valence-corrected chi connectivity index (χ1v) is 16.5. The molecule has 0 amide bonds. The molecule has 0 unspecified atom stereocenters. The van der Waals surface area contributed by atoms with Crippen molar-refractivity contribution >= 4 is 27.6 Å². The van der Waals surface area contributed by atoms with E-state index in [2.05, 4.69) is 95.6 Å². The van der Waals surface area contributed by atoms with Crippen LogP contribution in [0.25, 0.3) is 61.0 Å². The smallest absolute Gasteiger partial charge is 0.162 e. The second-order valence-electron chi connectivity index (χ2n) is 11.9. The second kappa shape index (κ2) is 15.1. The van der Waals surface area contributed by atoms with E-state index in [9.17, 15) is 9.90 Å². The Kier molecular flexibility index (Phi) is 10.9. The number of aliphatic hydroxyl groups is 1. The topological polar surface area (TPSA) is 55.1 Å². The number of allylic oxidation sites excluding steroid dienone is 2. The molecule has 2 aromatic heterocycles. The minimum atomic E-state index is 0. The van der Waals surface area contributed by atoms with Crippen LogP contribution in [0.2, 0.25) is 0 Å². The van der Waals surface area contributed by atoms with E-state index in [4.69, 9.17) is 4.98 Å². The van der Waals surface area contributed by atoms with Gasteiger partial charge in [0.05, 0.1) is 22.5 Å². The summed E-state index contributed by atoms with van der Waals surface area (Å²) in [5.74, 6) is 0.547. The van der Waals surface area contributed by atoms with E-state index in [0.717, 1.165) is 36.9 Å². The summed E-state index contributed by atoms with van der Waals surface area (Å²) in [7, 11) is 0. The average molecular weight is 798 g/mol. The van der Waals surface area contributed by atoms with Gasteiger partial charge in [-0.05, 0) is 60.2 Å². The van der Waals surface area contributed by atoms with Gasteiger partial charge in [-0.25, -0.2) is 0 Å². The summed E-state index contributed by atoms with van der Waals surface area (Å²) in [6.07, 6.45) is 6.94. The van der Waals surface area contributed by atoms with Gasteiger partial charge >= 0.3 is 0 Å². The van der Waals surface area contributed by atoms with E-state index >= 15 is 0 Å². The Hall–Kier alpha value is -4.31. The number of pyridine rings is 1. The number of hydrogen-bond acceptors (Lipinski definition) is 3. The van der Waals surface area contributed by atoms with Crippen molar-refractivity contribution in [3.8, 4) is 39.2 Å². The van der Waals surface area contributed by atoms with Crippen LogP contribution in [0.5, 0.6) is 0 Å². The molecule has 1 N–H and O–H groups in total. The summed E-state index contributed by atoms with van der Waals surface area (Å²) < 4.78 is 2.42. The van der Waals surface area contributed by atoms with Crippen LogP contribution in [-0.2, 0) is 24.9 Å². The van der Waals surface area contributed by atoms with Crippen molar-refractivity contribution in [2.24, 2.45) is 11.8 Å². The van der Waals surface area contributed by atoms with E-state index in [1.165, 1.54) is 55.8 Å². The zero-order chi connectivity index (χ0) is 32.2. The number of hydrogen-bond donors (Lipinski definition) is 1. The molecule has 7 rings (SSSR count). The number of ketones is 1. The van der Waals surface area contributed by atoms with E-state index in [1.54, 1.807) is 0 Å². The summed E-state index contributed by atoms with van der Waals surface area (Å²) in [5, 5.41) is 12.2. The molecule has 0 atom stereocenters. The van der Waals surface area contributed by atoms with Gasteiger partial charge in [-0.3, -0.25) is 4.79 Å².